The van der Waals surface area contributed by atoms with Gasteiger partial charge in [-0.1, -0.05) is 30.3 Å². The van der Waals surface area contributed by atoms with E-state index in [9.17, 15) is 15.0 Å². The van der Waals surface area contributed by atoms with Crippen molar-refractivity contribution in [3.05, 3.63) is 53.6 Å². The maximum Gasteiger partial charge on any atom is 0.342 e. The molecule has 3 aromatic rings. The first-order valence-electron chi connectivity index (χ1n) is 10.5. The number of esters is 1. The fourth-order valence-corrected chi connectivity index (χ4v) is 4.15. The molecule has 0 bridgehead atoms. The Kier molecular flexibility index (Phi) is 6.06. The maximum atomic E-state index is 12.9. The zero-order valence-corrected chi connectivity index (χ0v) is 17.1. The molecular weight excluding hydrogens is 382 g/mol. The second-order valence-corrected chi connectivity index (χ2v) is 7.59. The van der Waals surface area contributed by atoms with Crippen LogP contribution in [0.1, 0.15) is 35.7 Å². The lowest BCUT2D eigenvalue weighted by Gasteiger charge is -2.39. The summed E-state index contributed by atoms with van der Waals surface area (Å²) in [6, 6.07) is 13.0. The Labute approximate surface area is 175 Å². The van der Waals surface area contributed by atoms with E-state index in [0.29, 0.717) is 34.3 Å². The monoisotopic (exact) mass is 409 g/mol. The molecule has 1 atom stereocenters. The molecule has 1 aliphatic rings. The smallest absolute Gasteiger partial charge is 0.342 e. The third kappa shape index (κ3) is 3.80. The average Bonchev–Trinajstić information content (AvgIpc) is 3.12. The highest BCUT2D eigenvalue weighted by atomic mass is 16.5. The van der Waals surface area contributed by atoms with E-state index in [1.807, 2.05) is 30.3 Å². The number of furan rings is 1. The number of aromatic hydroxyl groups is 1. The van der Waals surface area contributed by atoms with Crippen molar-refractivity contribution in [1.29, 1.82) is 0 Å². The van der Waals surface area contributed by atoms with Crippen LogP contribution in [0, 0.1) is 0 Å². The highest BCUT2D eigenvalue weighted by Crippen LogP contribution is 2.39. The fraction of sp³-hybridized carbons (Fsp3) is 0.375. The lowest BCUT2D eigenvalue weighted by Crippen LogP contribution is -2.50. The van der Waals surface area contributed by atoms with Gasteiger partial charge in [-0.15, -0.1) is 0 Å². The zero-order valence-electron chi connectivity index (χ0n) is 17.1. The summed E-state index contributed by atoms with van der Waals surface area (Å²) in [5.41, 5.74) is 2.40. The van der Waals surface area contributed by atoms with Gasteiger partial charge in [0.25, 0.3) is 0 Å². The largest absolute Gasteiger partial charge is 0.508 e. The minimum absolute atomic E-state index is 0.149. The van der Waals surface area contributed by atoms with Crippen molar-refractivity contribution in [1.82, 2.24) is 4.90 Å². The molecule has 1 saturated heterocycles. The molecule has 0 unspecified atom stereocenters. The van der Waals surface area contributed by atoms with Crippen LogP contribution in [0.3, 0.4) is 0 Å². The predicted molar refractivity (Wildman–Crippen MR) is 115 cm³/mol. The Morgan fingerprint density at radius 3 is 2.70 bits per heavy atom. The molecule has 1 aromatic heterocycles. The number of benzene rings is 2. The number of carbonyl (C=O) groups is 1. The van der Waals surface area contributed by atoms with Crippen LogP contribution in [-0.4, -0.2) is 53.4 Å². The van der Waals surface area contributed by atoms with Crippen LogP contribution in [0.5, 0.6) is 5.75 Å². The van der Waals surface area contributed by atoms with Gasteiger partial charge in [0.05, 0.1) is 13.2 Å². The lowest BCUT2D eigenvalue weighted by molar-refractivity contribution is 0.0417. The number of phenolic OH excluding ortho intramolecular Hbond substituents is 1. The molecule has 0 amide bonds. The SMILES string of the molecule is CCOC(=O)c1c(-c2ccccc2)oc2ccc(O)c(CCCN3CC[C@H]3CO)c12. The number of likely N-dealkylation sites (tertiary alicyclic amines) is 1. The van der Waals surface area contributed by atoms with E-state index in [1.165, 1.54) is 0 Å². The van der Waals surface area contributed by atoms with Gasteiger partial charge in [-0.3, -0.25) is 4.90 Å². The fourth-order valence-electron chi connectivity index (χ4n) is 4.15. The number of aryl methyl sites for hydroxylation is 1. The van der Waals surface area contributed by atoms with Crippen molar-refractivity contribution in [3.8, 4) is 17.1 Å². The van der Waals surface area contributed by atoms with Gasteiger partial charge in [-0.05, 0) is 44.9 Å². The van der Waals surface area contributed by atoms with Gasteiger partial charge in [0.2, 0.25) is 0 Å². The Balaban J connectivity index is 1.73. The molecule has 0 saturated carbocycles. The van der Waals surface area contributed by atoms with Crippen LogP contribution < -0.4 is 0 Å². The molecule has 1 aliphatic heterocycles. The minimum atomic E-state index is -0.454. The molecule has 2 heterocycles. The van der Waals surface area contributed by atoms with Gasteiger partial charge in [0.1, 0.15) is 22.7 Å². The number of carbonyl (C=O) groups excluding carboxylic acids is 1. The lowest BCUT2D eigenvalue weighted by atomic mass is 9.97. The number of hydrogen-bond donors (Lipinski definition) is 2. The van der Waals surface area contributed by atoms with E-state index < -0.39 is 5.97 Å². The van der Waals surface area contributed by atoms with E-state index in [0.717, 1.165) is 31.5 Å². The number of rotatable bonds is 8. The third-order valence-corrected chi connectivity index (χ3v) is 5.80. The van der Waals surface area contributed by atoms with Gasteiger partial charge in [0, 0.05) is 29.1 Å². The van der Waals surface area contributed by atoms with Gasteiger partial charge in [-0.25, -0.2) is 4.79 Å². The second kappa shape index (κ2) is 8.90. The number of phenols is 1. The van der Waals surface area contributed by atoms with Crippen LogP contribution in [0.4, 0.5) is 0 Å². The van der Waals surface area contributed by atoms with Gasteiger partial charge < -0.3 is 19.4 Å². The van der Waals surface area contributed by atoms with Gasteiger partial charge in [-0.2, -0.15) is 0 Å². The zero-order chi connectivity index (χ0) is 21.1. The molecule has 1 fully saturated rings. The molecule has 0 aliphatic carbocycles. The number of aliphatic hydroxyl groups is 1. The molecule has 30 heavy (non-hydrogen) atoms. The normalized spacial score (nSPS) is 16.5. The summed E-state index contributed by atoms with van der Waals surface area (Å²) in [5, 5.41) is 20.6. The number of nitrogens with zero attached hydrogens (tertiary/aromatic N) is 1. The van der Waals surface area contributed by atoms with E-state index in [2.05, 4.69) is 4.90 Å². The molecule has 158 valence electrons. The van der Waals surface area contributed by atoms with Crippen LogP contribution in [0.2, 0.25) is 0 Å². The summed E-state index contributed by atoms with van der Waals surface area (Å²) in [7, 11) is 0. The Hall–Kier alpha value is -2.83. The molecule has 0 spiro atoms. The molecule has 6 heteroatoms. The second-order valence-electron chi connectivity index (χ2n) is 7.59. The van der Waals surface area contributed by atoms with Crippen molar-refractivity contribution in [3.63, 3.8) is 0 Å². The highest BCUT2D eigenvalue weighted by molar-refractivity contribution is 6.10. The number of ether oxygens (including phenoxy) is 1. The Morgan fingerprint density at radius 2 is 2.03 bits per heavy atom. The number of hydrogen-bond acceptors (Lipinski definition) is 6. The number of fused-ring (bicyclic) bond motifs is 1. The van der Waals surface area contributed by atoms with Crippen LogP contribution in [-0.2, 0) is 11.2 Å². The van der Waals surface area contributed by atoms with Crippen molar-refractivity contribution < 1.29 is 24.2 Å². The van der Waals surface area contributed by atoms with Crippen molar-refractivity contribution >= 4 is 16.9 Å². The quantitative estimate of drug-likeness (QED) is 0.548. The highest BCUT2D eigenvalue weighted by Gasteiger charge is 2.28. The Morgan fingerprint density at radius 1 is 1.23 bits per heavy atom. The summed E-state index contributed by atoms with van der Waals surface area (Å²) in [4.78, 5) is 15.1. The third-order valence-electron chi connectivity index (χ3n) is 5.80. The molecule has 6 nitrogen and oxygen atoms in total. The summed E-state index contributed by atoms with van der Waals surface area (Å²) in [5.74, 6) is 0.153. The van der Waals surface area contributed by atoms with Crippen molar-refractivity contribution in [2.24, 2.45) is 0 Å². The molecule has 0 radical (unpaired) electrons. The predicted octanol–water partition coefficient (Wildman–Crippen LogP) is 3.98. The first-order valence-corrected chi connectivity index (χ1v) is 10.5. The van der Waals surface area contributed by atoms with Crippen LogP contribution in [0.15, 0.2) is 46.9 Å². The number of aliphatic hydroxyl groups excluding tert-OH is 1. The van der Waals surface area contributed by atoms with Gasteiger partial charge in [0.15, 0.2) is 0 Å². The Bertz CT molecular complexity index is 1030. The summed E-state index contributed by atoms with van der Waals surface area (Å²) in [6.45, 7) is 4.02. The first kappa shape index (κ1) is 20.4. The average molecular weight is 409 g/mol. The molecular formula is C24H27NO5. The molecule has 4 rings (SSSR count). The minimum Gasteiger partial charge on any atom is -0.508 e. The molecule has 2 aromatic carbocycles. The van der Waals surface area contributed by atoms with Crippen LogP contribution in [0.25, 0.3) is 22.3 Å². The summed E-state index contributed by atoms with van der Waals surface area (Å²) in [6.07, 6.45) is 2.42. The van der Waals surface area contributed by atoms with E-state index in [4.69, 9.17) is 9.15 Å². The maximum absolute atomic E-state index is 12.9. The topological polar surface area (TPSA) is 83.1 Å². The standard InChI is InChI=1S/C24H27NO5/c1-2-29-24(28)22-21-18(9-6-13-25-14-12-17(25)15-26)19(27)10-11-20(21)30-23(22)16-7-4-3-5-8-16/h3-5,7-8,10-11,17,26-27H,2,6,9,12-15H2,1H3/t17-/m0/s1. The first-order chi connectivity index (χ1) is 14.6. The van der Waals surface area contributed by atoms with Gasteiger partial charge >= 0.3 is 5.97 Å². The molecule has 2 N–H and O–H groups in total. The summed E-state index contributed by atoms with van der Waals surface area (Å²) < 4.78 is 11.4. The summed E-state index contributed by atoms with van der Waals surface area (Å²) >= 11 is 0. The van der Waals surface area contributed by atoms with Crippen molar-refractivity contribution in [2.45, 2.75) is 32.2 Å². The van der Waals surface area contributed by atoms with E-state index in [-0.39, 0.29) is 25.0 Å². The van der Waals surface area contributed by atoms with E-state index in [1.54, 1.807) is 19.1 Å². The van der Waals surface area contributed by atoms with E-state index >= 15 is 0 Å². The van der Waals surface area contributed by atoms with Crippen molar-refractivity contribution in [2.75, 3.05) is 26.3 Å². The van der Waals surface area contributed by atoms with Crippen LogP contribution >= 0.6 is 0 Å².